The van der Waals surface area contributed by atoms with Crippen molar-refractivity contribution in [1.82, 2.24) is 0 Å². The summed E-state index contributed by atoms with van der Waals surface area (Å²) >= 11 is 0. The molecule has 0 atom stereocenters. The highest BCUT2D eigenvalue weighted by Crippen LogP contribution is 2.31. The highest BCUT2D eigenvalue weighted by Gasteiger charge is 2.26. The van der Waals surface area contributed by atoms with Crippen LogP contribution >= 0.6 is 0 Å². The fourth-order valence-corrected chi connectivity index (χ4v) is 4.09. The van der Waals surface area contributed by atoms with Crippen LogP contribution in [0.15, 0.2) is 48.5 Å². The van der Waals surface area contributed by atoms with E-state index in [1.807, 2.05) is 26.0 Å². The van der Waals surface area contributed by atoms with Crippen molar-refractivity contribution >= 4 is 5.78 Å². The summed E-state index contributed by atoms with van der Waals surface area (Å²) in [4.78, 5) is 12.8. The normalized spacial score (nSPS) is 18.6. The van der Waals surface area contributed by atoms with Crippen LogP contribution in [0, 0.1) is 11.8 Å². The summed E-state index contributed by atoms with van der Waals surface area (Å²) < 4.78 is 16.9. The van der Waals surface area contributed by atoms with Gasteiger partial charge in [-0.15, -0.1) is 0 Å². The Morgan fingerprint density at radius 1 is 0.774 bits per heavy atom. The standard InChI is InChI=1S/C27H36O4/c1-3-29-18-22-7-5-21(6-8-22)17-27(28)25-13-9-24(10-14-25)20-31-26-15-11-23(12-16-26)19-30-4-2/h5-8,11-12,15-16,24-25H,3-4,9-10,13-14,17-20H2,1-2H3. The molecule has 4 nitrogen and oxygen atoms in total. The van der Waals surface area contributed by atoms with Crippen LogP contribution in [0.5, 0.6) is 5.75 Å². The highest BCUT2D eigenvalue weighted by molar-refractivity contribution is 5.83. The molecule has 1 aliphatic carbocycles. The quantitative estimate of drug-likeness (QED) is 0.435. The smallest absolute Gasteiger partial charge is 0.140 e. The largest absolute Gasteiger partial charge is 0.493 e. The molecule has 0 bridgehead atoms. The summed E-state index contributed by atoms with van der Waals surface area (Å²) in [6.45, 7) is 7.45. The molecule has 0 saturated heterocycles. The summed E-state index contributed by atoms with van der Waals surface area (Å²) in [6.07, 6.45) is 4.61. The average Bonchev–Trinajstić information content (AvgIpc) is 2.82. The number of carbonyl (C=O) groups is 1. The summed E-state index contributed by atoms with van der Waals surface area (Å²) in [5.74, 6) is 2.01. The first-order valence-electron chi connectivity index (χ1n) is 11.7. The molecule has 1 fully saturated rings. The van der Waals surface area contributed by atoms with Crippen LogP contribution in [0.4, 0.5) is 0 Å². The average molecular weight is 425 g/mol. The zero-order valence-corrected chi connectivity index (χ0v) is 19.0. The minimum atomic E-state index is 0.192. The number of carbonyl (C=O) groups excluding carboxylic acids is 1. The van der Waals surface area contributed by atoms with Crippen LogP contribution in [0.3, 0.4) is 0 Å². The van der Waals surface area contributed by atoms with Crippen molar-refractivity contribution in [2.24, 2.45) is 11.8 Å². The van der Waals surface area contributed by atoms with Crippen molar-refractivity contribution in [3.63, 3.8) is 0 Å². The summed E-state index contributed by atoms with van der Waals surface area (Å²) in [5.41, 5.74) is 3.42. The van der Waals surface area contributed by atoms with Crippen LogP contribution in [0.1, 0.15) is 56.2 Å². The van der Waals surface area contributed by atoms with Crippen LogP contribution in [0.2, 0.25) is 0 Å². The third-order valence-electron chi connectivity index (χ3n) is 6.06. The molecule has 0 heterocycles. The maximum atomic E-state index is 12.8. The van der Waals surface area contributed by atoms with Gasteiger partial charge in [0.1, 0.15) is 11.5 Å². The van der Waals surface area contributed by atoms with Crippen molar-refractivity contribution in [1.29, 1.82) is 0 Å². The first-order valence-corrected chi connectivity index (χ1v) is 11.7. The Morgan fingerprint density at radius 3 is 1.84 bits per heavy atom. The lowest BCUT2D eigenvalue weighted by atomic mass is 9.79. The van der Waals surface area contributed by atoms with E-state index in [0.717, 1.165) is 61.3 Å². The van der Waals surface area contributed by atoms with Gasteiger partial charge in [0.05, 0.1) is 19.8 Å². The van der Waals surface area contributed by atoms with Gasteiger partial charge < -0.3 is 14.2 Å². The molecule has 1 saturated carbocycles. The summed E-state index contributed by atoms with van der Waals surface area (Å²) in [7, 11) is 0. The molecular weight excluding hydrogens is 388 g/mol. The van der Waals surface area contributed by atoms with Crippen molar-refractivity contribution in [3.05, 3.63) is 65.2 Å². The second-order valence-corrected chi connectivity index (χ2v) is 8.41. The molecule has 31 heavy (non-hydrogen) atoms. The maximum absolute atomic E-state index is 12.8. The number of ether oxygens (including phenoxy) is 3. The molecule has 0 unspecified atom stereocenters. The van der Waals surface area contributed by atoms with Gasteiger partial charge in [-0.3, -0.25) is 4.79 Å². The molecule has 0 N–H and O–H groups in total. The molecular formula is C27H36O4. The second-order valence-electron chi connectivity index (χ2n) is 8.41. The van der Waals surface area contributed by atoms with Gasteiger partial charge in [-0.1, -0.05) is 36.4 Å². The Hall–Kier alpha value is -2.17. The van der Waals surface area contributed by atoms with E-state index in [0.29, 0.717) is 37.9 Å². The SMILES string of the molecule is CCOCc1ccc(CC(=O)C2CCC(COc3ccc(COCC)cc3)CC2)cc1. The molecule has 1 aliphatic rings. The highest BCUT2D eigenvalue weighted by atomic mass is 16.5. The fourth-order valence-electron chi connectivity index (χ4n) is 4.09. The van der Waals surface area contributed by atoms with Crippen molar-refractivity contribution in [3.8, 4) is 5.75 Å². The Balaban J connectivity index is 1.37. The van der Waals surface area contributed by atoms with Crippen molar-refractivity contribution < 1.29 is 19.0 Å². The molecule has 4 heteroatoms. The van der Waals surface area contributed by atoms with Crippen LogP contribution in [0.25, 0.3) is 0 Å². The van der Waals surface area contributed by atoms with E-state index >= 15 is 0 Å². The lowest BCUT2D eigenvalue weighted by Gasteiger charge is -2.27. The van der Waals surface area contributed by atoms with E-state index in [2.05, 4.69) is 36.4 Å². The van der Waals surface area contributed by atoms with Gasteiger partial charge in [0.15, 0.2) is 0 Å². The topological polar surface area (TPSA) is 44.8 Å². The molecule has 168 valence electrons. The predicted molar refractivity (Wildman–Crippen MR) is 123 cm³/mol. The van der Waals surface area contributed by atoms with Crippen molar-refractivity contribution in [2.75, 3.05) is 19.8 Å². The zero-order valence-electron chi connectivity index (χ0n) is 19.0. The van der Waals surface area contributed by atoms with E-state index in [9.17, 15) is 4.79 Å². The van der Waals surface area contributed by atoms with Crippen LogP contribution in [-0.2, 0) is 33.9 Å². The predicted octanol–water partition coefficient (Wildman–Crippen LogP) is 5.76. The Morgan fingerprint density at radius 2 is 1.29 bits per heavy atom. The first-order chi connectivity index (χ1) is 15.2. The lowest BCUT2D eigenvalue weighted by molar-refractivity contribution is -0.123. The Labute approximate surface area is 186 Å². The molecule has 0 amide bonds. The Kier molecular flexibility index (Phi) is 9.57. The number of benzene rings is 2. The third kappa shape index (κ3) is 7.79. The van der Waals surface area contributed by atoms with Gasteiger partial charge in [-0.05, 0) is 74.3 Å². The molecule has 2 aromatic carbocycles. The number of ketones is 1. The van der Waals surface area contributed by atoms with Gasteiger partial charge >= 0.3 is 0 Å². The van der Waals surface area contributed by atoms with Crippen LogP contribution in [-0.4, -0.2) is 25.6 Å². The van der Waals surface area contributed by atoms with E-state index in [1.54, 1.807) is 0 Å². The minimum absolute atomic E-state index is 0.192. The first kappa shape index (κ1) is 23.5. The third-order valence-corrected chi connectivity index (χ3v) is 6.06. The van der Waals surface area contributed by atoms with Crippen LogP contribution < -0.4 is 4.74 Å². The number of rotatable bonds is 12. The Bertz CT molecular complexity index is 774. The number of Topliss-reactive ketones (excluding diaryl/α,β-unsaturated/α-hetero) is 1. The van der Waals surface area contributed by atoms with Gasteiger partial charge in [0.25, 0.3) is 0 Å². The molecule has 0 aromatic heterocycles. The number of hydrogen-bond acceptors (Lipinski definition) is 4. The van der Waals surface area contributed by atoms with E-state index in [-0.39, 0.29) is 5.92 Å². The van der Waals surface area contributed by atoms with E-state index in [4.69, 9.17) is 14.2 Å². The second kappa shape index (κ2) is 12.6. The molecule has 0 aliphatic heterocycles. The fraction of sp³-hybridized carbons (Fsp3) is 0.519. The summed E-state index contributed by atoms with van der Waals surface area (Å²) in [5, 5.41) is 0. The zero-order chi connectivity index (χ0) is 21.9. The van der Waals surface area contributed by atoms with Gasteiger partial charge in [0.2, 0.25) is 0 Å². The molecule has 0 spiro atoms. The molecule has 0 radical (unpaired) electrons. The van der Waals surface area contributed by atoms with Gasteiger partial charge in [-0.25, -0.2) is 0 Å². The lowest BCUT2D eigenvalue weighted by Crippen LogP contribution is -2.25. The summed E-state index contributed by atoms with van der Waals surface area (Å²) in [6, 6.07) is 16.4. The van der Waals surface area contributed by atoms with Crippen molar-refractivity contribution in [2.45, 2.75) is 59.2 Å². The van der Waals surface area contributed by atoms with Gasteiger partial charge in [0, 0.05) is 25.6 Å². The minimum Gasteiger partial charge on any atom is -0.493 e. The number of hydrogen-bond donors (Lipinski definition) is 0. The molecule has 2 aromatic rings. The maximum Gasteiger partial charge on any atom is 0.140 e. The molecule has 3 rings (SSSR count). The monoisotopic (exact) mass is 424 g/mol. The van der Waals surface area contributed by atoms with E-state index < -0.39 is 0 Å². The van der Waals surface area contributed by atoms with E-state index in [1.165, 1.54) is 0 Å². The van der Waals surface area contributed by atoms with Gasteiger partial charge in [-0.2, -0.15) is 0 Å².